The van der Waals surface area contributed by atoms with Gasteiger partial charge in [-0.25, -0.2) is 4.79 Å². The molecule has 0 unspecified atom stereocenters. The van der Waals surface area contributed by atoms with Crippen LogP contribution < -0.4 is 10.6 Å². The summed E-state index contributed by atoms with van der Waals surface area (Å²) in [7, 11) is 0. The van der Waals surface area contributed by atoms with E-state index in [1.807, 2.05) is 31.2 Å². The van der Waals surface area contributed by atoms with Gasteiger partial charge >= 0.3 is 6.09 Å². The Hall–Kier alpha value is -2.61. The average molecular weight is 391 g/mol. The van der Waals surface area contributed by atoms with Gasteiger partial charge in [-0.15, -0.1) is 5.10 Å². The molecule has 1 aromatic heterocycles. The molecule has 2 N–H and O–H groups in total. The van der Waals surface area contributed by atoms with Gasteiger partial charge < -0.3 is 20.3 Å². The smallest absolute Gasteiger partial charge is 0.409 e. The van der Waals surface area contributed by atoms with E-state index in [1.54, 1.807) is 11.1 Å². The molecule has 1 aliphatic rings. The number of carbonyl (C=O) groups excluding carboxylic acids is 1. The van der Waals surface area contributed by atoms with Gasteiger partial charge in [0.1, 0.15) is 0 Å². The van der Waals surface area contributed by atoms with E-state index in [0.29, 0.717) is 43.0 Å². The summed E-state index contributed by atoms with van der Waals surface area (Å²) in [5, 5.41) is 15.3. The molecule has 0 saturated carbocycles. The van der Waals surface area contributed by atoms with Crippen LogP contribution in [-0.2, 0) is 11.3 Å². The number of ether oxygens (including phenoxy) is 1. The number of piperidine rings is 1. The molecule has 1 saturated heterocycles. The summed E-state index contributed by atoms with van der Waals surface area (Å²) in [6.45, 7) is 4.13. The first-order chi connectivity index (χ1) is 13.1. The molecule has 1 fully saturated rings. The van der Waals surface area contributed by atoms with Crippen LogP contribution in [0.3, 0.4) is 0 Å². The number of nitrogens with one attached hydrogen (secondary N) is 2. The van der Waals surface area contributed by atoms with Crippen molar-refractivity contribution in [2.75, 3.05) is 30.3 Å². The topological polar surface area (TPSA) is 92.3 Å². The number of amides is 1. The first-order valence-electron chi connectivity index (χ1n) is 9.00. The molecular weight excluding hydrogens is 368 g/mol. The van der Waals surface area contributed by atoms with Gasteiger partial charge in [0.2, 0.25) is 5.95 Å². The quantitative estimate of drug-likeness (QED) is 0.782. The number of rotatable bonds is 6. The fourth-order valence-electron chi connectivity index (χ4n) is 2.85. The van der Waals surface area contributed by atoms with Gasteiger partial charge in [0, 0.05) is 30.7 Å². The number of hydrogen-bond donors (Lipinski definition) is 2. The number of halogens is 1. The maximum Gasteiger partial charge on any atom is 0.409 e. The normalized spacial score (nSPS) is 14.7. The molecular formula is C18H23ClN6O2. The summed E-state index contributed by atoms with van der Waals surface area (Å²) in [5.41, 5.74) is 1.10. The lowest BCUT2D eigenvalue weighted by molar-refractivity contribution is 0.0983. The second kappa shape index (κ2) is 9.36. The van der Waals surface area contributed by atoms with Gasteiger partial charge in [0.25, 0.3) is 0 Å². The fourth-order valence-corrected chi connectivity index (χ4v) is 2.97. The highest BCUT2D eigenvalue weighted by Crippen LogP contribution is 2.16. The van der Waals surface area contributed by atoms with E-state index in [1.165, 1.54) is 0 Å². The van der Waals surface area contributed by atoms with Crippen LogP contribution in [0.15, 0.2) is 30.5 Å². The van der Waals surface area contributed by atoms with E-state index in [2.05, 4.69) is 25.8 Å². The van der Waals surface area contributed by atoms with Gasteiger partial charge in [-0.1, -0.05) is 23.7 Å². The lowest BCUT2D eigenvalue weighted by atomic mass is 10.1. The zero-order valence-corrected chi connectivity index (χ0v) is 15.9. The minimum atomic E-state index is -0.248. The van der Waals surface area contributed by atoms with Gasteiger partial charge in [-0.2, -0.15) is 10.1 Å². The Bertz CT molecular complexity index is 750. The highest BCUT2D eigenvalue weighted by molar-refractivity contribution is 6.30. The summed E-state index contributed by atoms with van der Waals surface area (Å²) < 4.78 is 5.04. The van der Waals surface area contributed by atoms with Crippen molar-refractivity contribution in [1.29, 1.82) is 0 Å². The highest BCUT2D eigenvalue weighted by Gasteiger charge is 2.24. The SMILES string of the molecule is CCOC(=O)N1CCC(Nc2nncc(NCc3ccc(Cl)cc3)n2)CC1. The van der Waals surface area contributed by atoms with Crippen LogP contribution in [0.5, 0.6) is 0 Å². The van der Waals surface area contributed by atoms with Crippen molar-refractivity contribution >= 4 is 29.5 Å². The molecule has 2 heterocycles. The molecule has 8 nitrogen and oxygen atoms in total. The summed E-state index contributed by atoms with van der Waals surface area (Å²) in [6.07, 6.45) is 2.96. The Labute approximate surface area is 163 Å². The predicted octanol–water partition coefficient (Wildman–Crippen LogP) is 3.17. The van der Waals surface area contributed by atoms with Crippen molar-refractivity contribution in [2.45, 2.75) is 32.4 Å². The molecule has 1 aliphatic heterocycles. The highest BCUT2D eigenvalue weighted by atomic mass is 35.5. The number of carbonyl (C=O) groups is 1. The maximum atomic E-state index is 11.7. The number of nitrogens with zero attached hydrogens (tertiary/aromatic N) is 4. The summed E-state index contributed by atoms with van der Waals surface area (Å²) >= 11 is 5.90. The molecule has 0 atom stereocenters. The second-order valence-corrected chi connectivity index (χ2v) is 6.69. The van der Waals surface area contributed by atoms with E-state index in [0.717, 1.165) is 18.4 Å². The van der Waals surface area contributed by atoms with Crippen molar-refractivity contribution < 1.29 is 9.53 Å². The summed E-state index contributed by atoms with van der Waals surface area (Å²) in [5.74, 6) is 1.12. The van der Waals surface area contributed by atoms with E-state index >= 15 is 0 Å². The molecule has 1 aromatic carbocycles. The van der Waals surface area contributed by atoms with Crippen LogP contribution >= 0.6 is 11.6 Å². The standard InChI is InChI=1S/C18H23ClN6O2/c1-2-27-18(26)25-9-7-15(8-10-25)22-17-23-16(12-21-24-17)20-11-13-3-5-14(19)6-4-13/h3-6,12,15H,2,7-11H2,1H3,(H2,20,22,23,24). The number of aromatic nitrogens is 3. The molecule has 27 heavy (non-hydrogen) atoms. The van der Waals surface area contributed by atoms with E-state index < -0.39 is 0 Å². The average Bonchev–Trinajstić information content (AvgIpc) is 2.69. The number of anilines is 2. The molecule has 9 heteroatoms. The van der Waals surface area contributed by atoms with Crippen LogP contribution in [0.4, 0.5) is 16.6 Å². The second-order valence-electron chi connectivity index (χ2n) is 6.25. The first-order valence-corrected chi connectivity index (χ1v) is 9.38. The van der Waals surface area contributed by atoms with Crippen molar-refractivity contribution in [3.05, 3.63) is 41.0 Å². The molecule has 0 radical (unpaired) electrons. The lowest BCUT2D eigenvalue weighted by Gasteiger charge is -2.31. The van der Waals surface area contributed by atoms with Gasteiger partial charge in [0.05, 0.1) is 12.8 Å². The van der Waals surface area contributed by atoms with E-state index in [-0.39, 0.29) is 12.1 Å². The third-order valence-corrected chi connectivity index (χ3v) is 4.55. The van der Waals surface area contributed by atoms with Gasteiger partial charge in [-0.3, -0.25) is 0 Å². The van der Waals surface area contributed by atoms with Crippen LogP contribution in [0.1, 0.15) is 25.3 Å². The van der Waals surface area contributed by atoms with Crippen molar-refractivity contribution in [2.24, 2.45) is 0 Å². The monoisotopic (exact) mass is 390 g/mol. The summed E-state index contributed by atoms with van der Waals surface area (Å²) in [4.78, 5) is 17.9. The molecule has 0 spiro atoms. The largest absolute Gasteiger partial charge is 0.450 e. The van der Waals surface area contributed by atoms with Gasteiger partial charge in [-0.05, 0) is 37.5 Å². The Balaban J connectivity index is 1.49. The molecule has 0 aliphatic carbocycles. The van der Waals surface area contributed by atoms with Crippen molar-refractivity contribution in [3.8, 4) is 0 Å². The first kappa shape index (κ1) is 19.2. The fraction of sp³-hybridized carbons (Fsp3) is 0.444. The Morgan fingerprint density at radius 1 is 1.30 bits per heavy atom. The van der Waals surface area contributed by atoms with Crippen LogP contribution in [0.2, 0.25) is 5.02 Å². The lowest BCUT2D eigenvalue weighted by Crippen LogP contribution is -2.42. The third kappa shape index (κ3) is 5.68. The zero-order chi connectivity index (χ0) is 19.1. The van der Waals surface area contributed by atoms with Crippen LogP contribution in [0.25, 0.3) is 0 Å². The molecule has 1 amide bonds. The number of hydrogen-bond acceptors (Lipinski definition) is 7. The van der Waals surface area contributed by atoms with Gasteiger partial charge in [0.15, 0.2) is 5.82 Å². The number of likely N-dealkylation sites (tertiary alicyclic amines) is 1. The van der Waals surface area contributed by atoms with Crippen LogP contribution in [0, 0.1) is 0 Å². The Morgan fingerprint density at radius 2 is 2.04 bits per heavy atom. The third-order valence-electron chi connectivity index (χ3n) is 4.30. The molecule has 2 aromatic rings. The molecule has 3 rings (SSSR count). The molecule has 0 bridgehead atoms. The predicted molar refractivity (Wildman–Crippen MR) is 104 cm³/mol. The molecule has 144 valence electrons. The van der Waals surface area contributed by atoms with E-state index in [4.69, 9.17) is 16.3 Å². The number of benzene rings is 1. The van der Waals surface area contributed by atoms with E-state index in [9.17, 15) is 4.79 Å². The minimum Gasteiger partial charge on any atom is -0.450 e. The van der Waals surface area contributed by atoms with Crippen molar-refractivity contribution in [3.63, 3.8) is 0 Å². The Kier molecular flexibility index (Phi) is 6.64. The minimum absolute atomic E-state index is 0.198. The van der Waals surface area contributed by atoms with Crippen molar-refractivity contribution in [1.82, 2.24) is 20.1 Å². The summed E-state index contributed by atoms with van der Waals surface area (Å²) in [6, 6.07) is 7.82. The zero-order valence-electron chi connectivity index (χ0n) is 15.2. The maximum absolute atomic E-state index is 11.7. The Morgan fingerprint density at radius 3 is 2.74 bits per heavy atom. The van der Waals surface area contributed by atoms with Crippen LogP contribution in [-0.4, -0.2) is 51.9 Å².